The molecule has 3 rings (SSSR count). The molecule has 0 saturated heterocycles. The average molecular weight is 270 g/mol. The van der Waals surface area contributed by atoms with Gasteiger partial charge in [0, 0.05) is 17.7 Å². The summed E-state index contributed by atoms with van der Waals surface area (Å²) in [4.78, 5) is 18.5. The van der Waals surface area contributed by atoms with Crippen LogP contribution in [0.1, 0.15) is 35.5 Å². The van der Waals surface area contributed by atoms with Crippen LogP contribution in [0.4, 0.5) is 0 Å². The van der Waals surface area contributed by atoms with Crippen molar-refractivity contribution in [2.24, 2.45) is 0 Å². The molecule has 4 heteroatoms. The second-order valence-electron chi connectivity index (χ2n) is 5.38. The van der Waals surface area contributed by atoms with Crippen molar-refractivity contribution >= 4 is 5.97 Å². The van der Waals surface area contributed by atoms with Crippen molar-refractivity contribution in [3.8, 4) is 11.3 Å². The molecule has 0 aliphatic heterocycles. The number of hydrogen-bond acceptors (Lipinski definition) is 2. The summed E-state index contributed by atoms with van der Waals surface area (Å²) in [5, 5.41) is 8.84. The van der Waals surface area contributed by atoms with Crippen LogP contribution >= 0.6 is 0 Å². The highest BCUT2D eigenvalue weighted by Gasteiger charge is 2.15. The largest absolute Gasteiger partial charge is 0.481 e. The van der Waals surface area contributed by atoms with Gasteiger partial charge in [0.2, 0.25) is 0 Å². The van der Waals surface area contributed by atoms with Gasteiger partial charge in [-0.05, 0) is 43.4 Å². The monoisotopic (exact) mass is 270 g/mol. The summed E-state index contributed by atoms with van der Waals surface area (Å²) >= 11 is 0. The van der Waals surface area contributed by atoms with E-state index >= 15 is 0 Å². The lowest BCUT2D eigenvalue weighted by atomic mass is 10.0. The standard InChI is InChI=1S/C16H18N2O2/c1-10-17-14(7-8-15(19)20)16(18-10)13-6-5-11-3-2-4-12(11)9-13/h5-6,9H,2-4,7-8H2,1H3,(H,17,18)(H,19,20). The minimum atomic E-state index is -0.780. The number of carbonyl (C=O) groups is 1. The van der Waals surface area contributed by atoms with Gasteiger partial charge in [-0.15, -0.1) is 0 Å². The lowest BCUT2D eigenvalue weighted by Gasteiger charge is -2.05. The van der Waals surface area contributed by atoms with Gasteiger partial charge in [0.15, 0.2) is 0 Å². The molecule has 104 valence electrons. The molecule has 1 heterocycles. The topological polar surface area (TPSA) is 66.0 Å². The Hall–Kier alpha value is -2.10. The molecule has 20 heavy (non-hydrogen) atoms. The number of aryl methyl sites for hydroxylation is 4. The Balaban J connectivity index is 1.95. The first-order valence-electron chi connectivity index (χ1n) is 7.03. The van der Waals surface area contributed by atoms with Crippen molar-refractivity contribution in [1.29, 1.82) is 0 Å². The van der Waals surface area contributed by atoms with Gasteiger partial charge in [0.05, 0.1) is 12.1 Å². The summed E-state index contributed by atoms with van der Waals surface area (Å²) in [5.74, 6) is 0.0537. The molecule has 0 radical (unpaired) electrons. The molecular formula is C16H18N2O2. The van der Waals surface area contributed by atoms with Crippen molar-refractivity contribution in [2.45, 2.75) is 39.0 Å². The Bertz CT molecular complexity index is 658. The van der Waals surface area contributed by atoms with Gasteiger partial charge in [0.25, 0.3) is 0 Å². The maximum atomic E-state index is 10.7. The number of hydrogen-bond donors (Lipinski definition) is 2. The molecule has 1 aromatic heterocycles. The maximum absolute atomic E-state index is 10.7. The third kappa shape index (κ3) is 2.46. The average Bonchev–Trinajstić information content (AvgIpc) is 3.01. The van der Waals surface area contributed by atoms with Crippen molar-refractivity contribution in [1.82, 2.24) is 9.97 Å². The van der Waals surface area contributed by atoms with Crippen molar-refractivity contribution in [3.63, 3.8) is 0 Å². The predicted molar refractivity (Wildman–Crippen MR) is 76.7 cm³/mol. The lowest BCUT2D eigenvalue weighted by molar-refractivity contribution is -0.136. The fourth-order valence-electron chi connectivity index (χ4n) is 2.91. The smallest absolute Gasteiger partial charge is 0.303 e. The summed E-state index contributed by atoms with van der Waals surface area (Å²) in [5.41, 5.74) is 5.76. The molecule has 0 bridgehead atoms. The zero-order valence-electron chi connectivity index (χ0n) is 11.6. The molecule has 0 unspecified atom stereocenters. The number of aromatic amines is 1. The molecule has 1 aliphatic rings. The van der Waals surface area contributed by atoms with Crippen LogP contribution in [0.3, 0.4) is 0 Å². The van der Waals surface area contributed by atoms with Gasteiger partial charge in [-0.3, -0.25) is 4.79 Å². The van der Waals surface area contributed by atoms with Gasteiger partial charge in [-0.2, -0.15) is 0 Å². The number of H-pyrrole nitrogens is 1. The summed E-state index contributed by atoms with van der Waals surface area (Å²) in [6.45, 7) is 1.90. The fraction of sp³-hybridized carbons (Fsp3) is 0.375. The van der Waals surface area contributed by atoms with Gasteiger partial charge >= 0.3 is 5.97 Å². The van der Waals surface area contributed by atoms with Gasteiger partial charge in [0.1, 0.15) is 5.82 Å². The summed E-state index contributed by atoms with van der Waals surface area (Å²) in [7, 11) is 0. The first-order chi connectivity index (χ1) is 9.63. The Morgan fingerprint density at radius 1 is 1.35 bits per heavy atom. The van der Waals surface area contributed by atoms with E-state index in [9.17, 15) is 4.79 Å². The molecule has 0 amide bonds. The Labute approximate surface area is 117 Å². The maximum Gasteiger partial charge on any atom is 0.303 e. The Morgan fingerprint density at radius 2 is 2.15 bits per heavy atom. The molecule has 2 aromatic rings. The number of carboxylic acids is 1. The number of nitrogens with one attached hydrogen (secondary N) is 1. The van der Waals surface area contributed by atoms with E-state index in [-0.39, 0.29) is 6.42 Å². The van der Waals surface area contributed by atoms with Crippen LogP contribution in [0.25, 0.3) is 11.3 Å². The predicted octanol–water partition coefficient (Wildman–Crippen LogP) is 2.89. The summed E-state index contributed by atoms with van der Waals surface area (Å²) < 4.78 is 0. The molecule has 0 saturated carbocycles. The second-order valence-corrected chi connectivity index (χ2v) is 5.38. The first-order valence-corrected chi connectivity index (χ1v) is 7.03. The van der Waals surface area contributed by atoms with E-state index in [2.05, 4.69) is 28.2 Å². The first kappa shape index (κ1) is 12.9. The molecular weight excluding hydrogens is 252 g/mol. The van der Waals surface area contributed by atoms with Crippen LogP contribution in [0.2, 0.25) is 0 Å². The highest BCUT2D eigenvalue weighted by Crippen LogP contribution is 2.29. The number of nitrogens with zero attached hydrogens (tertiary/aromatic N) is 1. The highest BCUT2D eigenvalue weighted by atomic mass is 16.4. The molecule has 2 N–H and O–H groups in total. The zero-order valence-corrected chi connectivity index (χ0v) is 11.6. The summed E-state index contributed by atoms with van der Waals surface area (Å²) in [6.07, 6.45) is 4.14. The van der Waals surface area contributed by atoms with E-state index in [4.69, 9.17) is 5.11 Å². The number of imidazole rings is 1. The van der Waals surface area contributed by atoms with E-state index in [0.29, 0.717) is 6.42 Å². The van der Waals surface area contributed by atoms with Crippen LogP contribution in [0.5, 0.6) is 0 Å². The van der Waals surface area contributed by atoms with Crippen LogP contribution in [0.15, 0.2) is 18.2 Å². The number of fused-ring (bicyclic) bond motifs is 1. The second kappa shape index (κ2) is 5.12. The van der Waals surface area contributed by atoms with Crippen LogP contribution in [-0.4, -0.2) is 21.0 Å². The molecule has 0 spiro atoms. The van der Waals surface area contributed by atoms with Gasteiger partial charge < -0.3 is 10.1 Å². The third-order valence-corrected chi connectivity index (χ3v) is 3.86. The third-order valence-electron chi connectivity index (χ3n) is 3.86. The molecule has 0 atom stereocenters. The van der Waals surface area contributed by atoms with Crippen LogP contribution in [-0.2, 0) is 24.1 Å². The van der Waals surface area contributed by atoms with Crippen LogP contribution < -0.4 is 0 Å². The minimum Gasteiger partial charge on any atom is -0.481 e. The van der Waals surface area contributed by atoms with E-state index < -0.39 is 5.97 Å². The summed E-state index contributed by atoms with van der Waals surface area (Å²) in [6, 6.07) is 6.49. The number of carboxylic acid groups (broad SMARTS) is 1. The zero-order chi connectivity index (χ0) is 14.1. The van der Waals surface area contributed by atoms with E-state index in [1.54, 1.807) is 0 Å². The van der Waals surface area contributed by atoms with Gasteiger partial charge in [-0.1, -0.05) is 12.1 Å². The fourth-order valence-corrected chi connectivity index (χ4v) is 2.91. The van der Waals surface area contributed by atoms with E-state index in [0.717, 1.165) is 29.2 Å². The van der Waals surface area contributed by atoms with Crippen LogP contribution in [0, 0.1) is 6.92 Å². The Morgan fingerprint density at radius 3 is 2.95 bits per heavy atom. The molecule has 4 nitrogen and oxygen atoms in total. The normalized spacial score (nSPS) is 13.4. The number of aliphatic carboxylic acids is 1. The van der Waals surface area contributed by atoms with E-state index in [1.165, 1.54) is 24.0 Å². The number of benzene rings is 1. The molecule has 0 fully saturated rings. The highest BCUT2D eigenvalue weighted by molar-refractivity contribution is 5.69. The van der Waals surface area contributed by atoms with Crippen molar-refractivity contribution in [2.75, 3.05) is 0 Å². The number of rotatable bonds is 4. The lowest BCUT2D eigenvalue weighted by Crippen LogP contribution is -1.99. The number of aromatic nitrogens is 2. The Kier molecular flexibility index (Phi) is 3.30. The van der Waals surface area contributed by atoms with Gasteiger partial charge in [-0.25, -0.2) is 4.98 Å². The van der Waals surface area contributed by atoms with Crippen molar-refractivity contribution < 1.29 is 9.90 Å². The van der Waals surface area contributed by atoms with Crippen molar-refractivity contribution in [3.05, 3.63) is 40.8 Å². The molecule has 1 aromatic carbocycles. The SMILES string of the molecule is Cc1nc(-c2ccc3c(c2)CCC3)c(CCC(=O)O)[nH]1. The minimum absolute atomic E-state index is 0.125. The molecule has 1 aliphatic carbocycles. The quantitative estimate of drug-likeness (QED) is 0.897. The van der Waals surface area contributed by atoms with E-state index in [1.807, 2.05) is 6.92 Å².